The molecule has 23 heavy (non-hydrogen) atoms. The van der Waals surface area contributed by atoms with Crippen molar-refractivity contribution in [3.63, 3.8) is 0 Å². The number of amides is 1. The van der Waals surface area contributed by atoms with Crippen LogP contribution in [0.1, 0.15) is 31.4 Å². The van der Waals surface area contributed by atoms with E-state index in [0.29, 0.717) is 5.92 Å². The molecule has 0 unspecified atom stereocenters. The van der Waals surface area contributed by atoms with Gasteiger partial charge in [0.2, 0.25) is 5.91 Å². The molecule has 2 bridgehead atoms. The number of likely N-dealkylation sites (tertiary alicyclic amines) is 1. The minimum Gasteiger partial charge on any atom is -0.371 e. The fourth-order valence-corrected chi connectivity index (χ4v) is 3.61. The SMILES string of the molecule is Cc1ccccc1CN1C[C@H]2C[C@@H](C(=O)NCC(C)C)[C@@H](C1)O2. The summed E-state index contributed by atoms with van der Waals surface area (Å²) in [4.78, 5) is 14.8. The average molecular weight is 316 g/mol. The van der Waals surface area contributed by atoms with Crippen molar-refractivity contribution in [1.82, 2.24) is 10.2 Å². The number of carbonyl (C=O) groups excluding carboxylic acids is 1. The number of aryl methyl sites for hydroxylation is 1. The highest BCUT2D eigenvalue weighted by atomic mass is 16.5. The lowest BCUT2D eigenvalue weighted by Gasteiger charge is -2.33. The molecule has 2 aliphatic heterocycles. The van der Waals surface area contributed by atoms with Gasteiger partial charge in [-0.2, -0.15) is 0 Å². The molecule has 3 atom stereocenters. The summed E-state index contributed by atoms with van der Waals surface area (Å²) in [5.41, 5.74) is 2.70. The van der Waals surface area contributed by atoms with E-state index in [1.165, 1.54) is 11.1 Å². The first-order chi connectivity index (χ1) is 11.0. The van der Waals surface area contributed by atoms with Gasteiger partial charge in [-0.05, 0) is 30.4 Å². The molecule has 3 rings (SSSR count). The average Bonchev–Trinajstić information content (AvgIpc) is 2.82. The monoisotopic (exact) mass is 316 g/mol. The van der Waals surface area contributed by atoms with E-state index in [2.05, 4.69) is 55.3 Å². The van der Waals surface area contributed by atoms with Crippen molar-refractivity contribution in [1.29, 1.82) is 0 Å². The molecule has 0 radical (unpaired) electrons. The van der Waals surface area contributed by atoms with E-state index in [9.17, 15) is 4.79 Å². The Morgan fingerprint density at radius 1 is 1.35 bits per heavy atom. The third-order valence-corrected chi connectivity index (χ3v) is 4.91. The molecule has 0 spiro atoms. The van der Waals surface area contributed by atoms with Crippen molar-refractivity contribution in [2.75, 3.05) is 19.6 Å². The lowest BCUT2D eigenvalue weighted by atomic mass is 9.99. The number of nitrogens with one attached hydrogen (secondary N) is 1. The first kappa shape index (κ1) is 16.5. The van der Waals surface area contributed by atoms with E-state index in [-0.39, 0.29) is 24.0 Å². The smallest absolute Gasteiger partial charge is 0.225 e. The van der Waals surface area contributed by atoms with Crippen LogP contribution in [0.15, 0.2) is 24.3 Å². The molecule has 1 N–H and O–H groups in total. The van der Waals surface area contributed by atoms with Crippen molar-refractivity contribution >= 4 is 5.91 Å². The Hall–Kier alpha value is -1.39. The molecular weight excluding hydrogens is 288 g/mol. The van der Waals surface area contributed by atoms with E-state index in [0.717, 1.165) is 32.6 Å². The van der Waals surface area contributed by atoms with Crippen LogP contribution in [0.25, 0.3) is 0 Å². The Labute approximate surface area is 139 Å². The Kier molecular flexibility index (Phi) is 5.02. The molecule has 0 saturated carbocycles. The van der Waals surface area contributed by atoms with E-state index >= 15 is 0 Å². The van der Waals surface area contributed by atoms with E-state index in [1.54, 1.807) is 0 Å². The summed E-state index contributed by atoms with van der Waals surface area (Å²) in [6.07, 6.45) is 1.11. The lowest BCUT2D eigenvalue weighted by Crippen LogP contribution is -2.45. The van der Waals surface area contributed by atoms with Gasteiger partial charge in [-0.15, -0.1) is 0 Å². The van der Waals surface area contributed by atoms with Gasteiger partial charge < -0.3 is 10.1 Å². The zero-order chi connectivity index (χ0) is 16.4. The van der Waals surface area contributed by atoms with Gasteiger partial charge >= 0.3 is 0 Å². The summed E-state index contributed by atoms with van der Waals surface area (Å²) in [5.74, 6) is 0.669. The van der Waals surface area contributed by atoms with Crippen LogP contribution >= 0.6 is 0 Å². The maximum atomic E-state index is 12.4. The Morgan fingerprint density at radius 3 is 2.87 bits per heavy atom. The van der Waals surface area contributed by atoms with Gasteiger partial charge in [-0.25, -0.2) is 0 Å². The molecule has 0 aromatic heterocycles. The topological polar surface area (TPSA) is 41.6 Å². The van der Waals surface area contributed by atoms with Crippen LogP contribution in [-0.2, 0) is 16.1 Å². The summed E-state index contributed by atoms with van der Waals surface area (Å²) in [6, 6.07) is 8.53. The second-order valence-corrected chi connectivity index (χ2v) is 7.40. The molecule has 1 aromatic rings. The van der Waals surface area contributed by atoms with Gasteiger partial charge in [-0.3, -0.25) is 9.69 Å². The summed E-state index contributed by atoms with van der Waals surface area (Å²) in [6.45, 7) is 9.88. The molecule has 4 nitrogen and oxygen atoms in total. The highest BCUT2D eigenvalue weighted by Gasteiger charge is 2.44. The molecule has 2 heterocycles. The lowest BCUT2D eigenvalue weighted by molar-refractivity contribution is -0.128. The number of nitrogens with zero attached hydrogens (tertiary/aromatic N) is 1. The number of carbonyl (C=O) groups is 1. The standard InChI is InChI=1S/C19H28N2O2/c1-13(2)9-20-19(22)17-8-16-11-21(12-18(17)23-16)10-15-7-5-4-6-14(15)3/h4-7,13,16-18H,8-12H2,1-3H3,(H,20,22)/t16-,17-,18-/m1/s1. The van der Waals surface area contributed by atoms with Crippen molar-refractivity contribution in [2.45, 2.75) is 45.9 Å². The number of ether oxygens (including phenoxy) is 1. The van der Waals surface area contributed by atoms with Crippen LogP contribution in [0.3, 0.4) is 0 Å². The first-order valence-corrected chi connectivity index (χ1v) is 8.73. The van der Waals surface area contributed by atoms with Crippen LogP contribution in [0, 0.1) is 18.8 Å². The molecule has 2 fully saturated rings. The molecule has 4 heteroatoms. The maximum absolute atomic E-state index is 12.4. The fourth-order valence-electron chi connectivity index (χ4n) is 3.61. The number of fused-ring (bicyclic) bond motifs is 2. The molecule has 0 aliphatic carbocycles. The van der Waals surface area contributed by atoms with E-state index in [4.69, 9.17) is 4.74 Å². The van der Waals surface area contributed by atoms with Crippen molar-refractivity contribution in [2.24, 2.45) is 11.8 Å². The highest BCUT2D eigenvalue weighted by Crippen LogP contribution is 2.32. The normalized spacial score (nSPS) is 27.4. The molecule has 1 aromatic carbocycles. The second kappa shape index (κ2) is 7.02. The van der Waals surface area contributed by atoms with Gasteiger partial charge in [-0.1, -0.05) is 38.1 Å². The van der Waals surface area contributed by atoms with Crippen molar-refractivity contribution < 1.29 is 9.53 Å². The molecule has 2 aliphatic rings. The van der Waals surface area contributed by atoms with Crippen LogP contribution in [-0.4, -0.2) is 42.6 Å². The van der Waals surface area contributed by atoms with Gasteiger partial charge in [0.1, 0.15) is 0 Å². The minimum absolute atomic E-state index is 0.0145. The largest absolute Gasteiger partial charge is 0.371 e. The van der Waals surface area contributed by atoms with Crippen molar-refractivity contribution in [3.8, 4) is 0 Å². The van der Waals surface area contributed by atoms with Crippen LogP contribution in [0.2, 0.25) is 0 Å². The predicted octanol–water partition coefficient (Wildman–Crippen LogP) is 2.36. The van der Waals surface area contributed by atoms with Gasteiger partial charge in [0.25, 0.3) is 0 Å². The summed E-state index contributed by atoms with van der Waals surface area (Å²) in [5, 5.41) is 3.07. The zero-order valence-corrected chi connectivity index (χ0v) is 14.4. The zero-order valence-electron chi connectivity index (χ0n) is 14.4. The summed E-state index contributed by atoms with van der Waals surface area (Å²) >= 11 is 0. The van der Waals surface area contributed by atoms with E-state index < -0.39 is 0 Å². The van der Waals surface area contributed by atoms with Gasteiger partial charge in [0, 0.05) is 26.2 Å². The van der Waals surface area contributed by atoms with Crippen LogP contribution in [0.5, 0.6) is 0 Å². The summed E-state index contributed by atoms with van der Waals surface area (Å²) in [7, 11) is 0. The minimum atomic E-state index is 0.0145. The molecule has 2 saturated heterocycles. The maximum Gasteiger partial charge on any atom is 0.225 e. The van der Waals surface area contributed by atoms with Gasteiger partial charge in [0.05, 0.1) is 18.1 Å². The van der Waals surface area contributed by atoms with Crippen LogP contribution < -0.4 is 5.32 Å². The Balaban J connectivity index is 1.59. The highest BCUT2D eigenvalue weighted by molar-refractivity contribution is 5.79. The predicted molar refractivity (Wildman–Crippen MR) is 91.1 cm³/mol. The fraction of sp³-hybridized carbons (Fsp3) is 0.632. The Morgan fingerprint density at radius 2 is 2.13 bits per heavy atom. The second-order valence-electron chi connectivity index (χ2n) is 7.40. The number of hydrogen-bond acceptors (Lipinski definition) is 3. The first-order valence-electron chi connectivity index (χ1n) is 8.73. The molecule has 1 amide bonds. The van der Waals surface area contributed by atoms with Crippen LogP contribution in [0.4, 0.5) is 0 Å². The quantitative estimate of drug-likeness (QED) is 0.907. The third kappa shape index (κ3) is 3.93. The molecular formula is C19H28N2O2. The Bertz CT molecular complexity index is 558. The number of benzene rings is 1. The summed E-state index contributed by atoms with van der Waals surface area (Å²) < 4.78 is 6.03. The third-order valence-electron chi connectivity index (χ3n) is 4.91. The van der Waals surface area contributed by atoms with E-state index in [1.807, 2.05) is 0 Å². The van der Waals surface area contributed by atoms with Crippen molar-refractivity contribution in [3.05, 3.63) is 35.4 Å². The van der Waals surface area contributed by atoms with Gasteiger partial charge in [0.15, 0.2) is 0 Å². The molecule has 126 valence electrons. The number of morpholine rings is 1. The number of hydrogen-bond donors (Lipinski definition) is 1. The number of rotatable bonds is 5.